The SMILES string of the molecule is Cc1nn(C)c(C)c1C1CCc2ccccc2N1. The molecule has 0 aliphatic carbocycles. The minimum atomic E-state index is 0.397. The largest absolute Gasteiger partial charge is 0.378 e. The van der Waals surface area contributed by atoms with E-state index in [0.717, 1.165) is 18.5 Å². The molecular formula is C15H19N3. The van der Waals surface area contributed by atoms with E-state index in [1.54, 1.807) is 0 Å². The summed E-state index contributed by atoms with van der Waals surface area (Å²) in [4.78, 5) is 0. The van der Waals surface area contributed by atoms with Gasteiger partial charge in [0.1, 0.15) is 0 Å². The highest BCUT2D eigenvalue weighted by molar-refractivity contribution is 5.55. The Morgan fingerprint density at radius 2 is 2.06 bits per heavy atom. The van der Waals surface area contributed by atoms with Crippen LogP contribution >= 0.6 is 0 Å². The Morgan fingerprint density at radius 3 is 2.78 bits per heavy atom. The third kappa shape index (κ3) is 1.70. The average molecular weight is 241 g/mol. The number of nitrogens with zero attached hydrogens (tertiary/aromatic N) is 2. The Bertz CT molecular complexity index is 583. The highest BCUT2D eigenvalue weighted by atomic mass is 15.3. The first-order valence-corrected chi connectivity index (χ1v) is 6.51. The fraction of sp³-hybridized carbons (Fsp3) is 0.400. The number of aromatic nitrogens is 2. The lowest BCUT2D eigenvalue weighted by atomic mass is 9.92. The van der Waals surface area contributed by atoms with Crippen LogP contribution < -0.4 is 5.32 Å². The van der Waals surface area contributed by atoms with Gasteiger partial charge in [-0.1, -0.05) is 18.2 Å². The van der Waals surface area contributed by atoms with Gasteiger partial charge in [0.15, 0.2) is 0 Å². The number of anilines is 1. The van der Waals surface area contributed by atoms with E-state index in [9.17, 15) is 0 Å². The lowest BCUT2D eigenvalue weighted by Crippen LogP contribution is -2.19. The van der Waals surface area contributed by atoms with Crippen molar-refractivity contribution in [3.63, 3.8) is 0 Å². The van der Waals surface area contributed by atoms with Crippen LogP contribution in [-0.2, 0) is 13.5 Å². The first-order valence-electron chi connectivity index (χ1n) is 6.51. The minimum Gasteiger partial charge on any atom is -0.378 e. The highest BCUT2D eigenvalue weighted by Crippen LogP contribution is 2.34. The molecular weight excluding hydrogens is 222 g/mol. The molecule has 1 unspecified atom stereocenters. The predicted octanol–water partition coefficient (Wildman–Crippen LogP) is 3.14. The molecule has 1 atom stereocenters. The van der Waals surface area contributed by atoms with Crippen LogP contribution in [0.2, 0.25) is 0 Å². The molecule has 2 heterocycles. The monoisotopic (exact) mass is 241 g/mol. The topological polar surface area (TPSA) is 29.9 Å². The zero-order valence-electron chi connectivity index (χ0n) is 11.2. The molecule has 0 amide bonds. The summed E-state index contributed by atoms with van der Waals surface area (Å²) in [6, 6.07) is 8.98. The van der Waals surface area contributed by atoms with Crippen molar-refractivity contribution in [1.82, 2.24) is 9.78 Å². The molecule has 0 radical (unpaired) electrons. The van der Waals surface area contributed by atoms with E-state index in [-0.39, 0.29) is 0 Å². The standard InChI is InChI=1S/C15H19N3/c1-10-15(11(2)18(3)17-10)14-9-8-12-6-4-5-7-13(12)16-14/h4-7,14,16H,8-9H2,1-3H3. The van der Waals surface area contributed by atoms with E-state index in [0.29, 0.717) is 6.04 Å². The molecule has 0 spiro atoms. The lowest BCUT2D eigenvalue weighted by Gasteiger charge is -2.27. The van der Waals surface area contributed by atoms with Gasteiger partial charge in [0.2, 0.25) is 0 Å². The summed E-state index contributed by atoms with van der Waals surface area (Å²) in [6.45, 7) is 4.25. The zero-order valence-corrected chi connectivity index (χ0v) is 11.2. The molecule has 18 heavy (non-hydrogen) atoms. The van der Waals surface area contributed by atoms with Gasteiger partial charge in [-0.05, 0) is 38.3 Å². The molecule has 1 aromatic carbocycles. The number of nitrogens with one attached hydrogen (secondary N) is 1. The lowest BCUT2D eigenvalue weighted by molar-refractivity contribution is 0.658. The molecule has 94 valence electrons. The molecule has 3 heteroatoms. The van der Waals surface area contributed by atoms with Gasteiger partial charge in [0.25, 0.3) is 0 Å². The van der Waals surface area contributed by atoms with E-state index >= 15 is 0 Å². The molecule has 0 fully saturated rings. The molecule has 3 rings (SSSR count). The summed E-state index contributed by atoms with van der Waals surface area (Å²) >= 11 is 0. The van der Waals surface area contributed by atoms with Crippen LogP contribution in [0.3, 0.4) is 0 Å². The molecule has 1 aliphatic rings. The fourth-order valence-electron chi connectivity index (χ4n) is 2.95. The van der Waals surface area contributed by atoms with Crippen molar-refractivity contribution >= 4 is 5.69 Å². The first-order chi connectivity index (χ1) is 8.66. The van der Waals surface area contributed by atoms with Gasteiger partial charge in [0.05, 0.1) is 11.7 Å². The number of para-hydroxylation sites is 1. The highest BCUT2D eigenvalue weighted by Gasteiger charge is 2.24. The van der Waals surface area contributed by atoms with Crippen LogP contribution in [0, 0.1) is 13.8 Å². The molecule has 1 aliphatic heterocycles. The Kier molecular flexibility index (Phi) is 2.62. The van der Waals surface area contributed by atoms with Gasteiger partial charge in [-0.2, -0.15) is 5.10 Å². The van der Waals surface area contributed by atoms with Gasteiger partial charge in [-0.15, -0.1) is 0 Å². The van der Waals surface area contributed by atoms with Crippen LogP contribution in [0.25, 0.3) is 0 Å². The Labute approximate surface area is 108 Å². The Hall–Kier alpha value is -1.77. The minimum absolute atomic E-state index is 0.397. The van der Waals surface area contributed by atoms with E-state index in [4.69, 9.17) is 0 Å². The third-order valence-corrected chi connectivity index (χ3v) is 3.96. The maximum Gasteiger partial charge on any atom is 0.0649 e. The summed E-state index contributed by atoms with van der Waals surface area (Å²) in [5.41, 5.74) is 6.48. The second-order valence-electron chi connectivity index (χ2n) is 5.10. The van der Waals surface area contributed by atoms with Crippen molar-refractivity contribution in [2.24, 2.45) is 7.05 Å². The van der Waals surface area contributed by atoms with Crippen LogP contribution in [0.15, 0.2) is 24.3 Å². The van der Waals surface area contributed by atoms with E-state index in [2.05, 4.69) is 48.5 Å². The van der Waals surface area contributed by atoms with E-state index < -0.39 is 0 Å². The summed E-state index contributed by atoms with van der Waals surface area (Å²) in [5, 5.41) is 8.17. The van der Waals surface area contributed by atoms with Crippen LogP contribution in [0.1, 0.15) is 35.0 Å². The van der Waals surface area contributed by atoms with Gasteiger partial charge >= 0.3 is 0 Å². The number of fused-ring (bicyclic) bond motifs is 1. The smallest absolute Gasteiger partial charge is 0.0649 e. The Balaban J connectivity index is 1.97. The summed E-state index contributed by atoms with van der Waals surface area (Å²) < 4.78 is 1.98. The van der Waals surface area contributed by atoms with Crippen molar-refractivity contribution in [3.8, 4) is 0 Å². The average Bonchev–Trinajstić information content (AvgIpc) is 2.63. The van der Waals surface area contributed by atoms with Gasteiger partial charge in [0, 0.05) is 24.0 Å². The Morgan fingerprint density at radius 1 is 1.28 bits per heavy atom. The molecule has 0 saturated heterocycles. The van der Waals surface area contributed by atoms with Crippen molar-refractivity contribution in [3.05, 3.63) is 46.8 Å². The second kappa shape index (κ2) is 4.16. The van der Waals surface area contributed by atoms with E-state index in [1.807, 2.05) is 11.7 Å². The van der Waals surface area contributed by atoms with Gasteiger partial charge < -0.3 is 5.32 Å². The molecule has 1 aromatic heterocycles. The number of rotatable bonds is 1. The maximum absolute atomic E-state index is 4.52. The van der Waals surface area contributed by atoms with E-state index in [1.165, 1.54) is 22.5 Å². The number of hydrogen-bond acceptors (Lipinski definition) is 2. The van der Waals surface area contributed by atoms with Gasteiger partial charge in [-0.25, -0.2) is 0 Å². The first kappa shape index (κ1) is 11.3. The van der Waals surface area contributed by atoms with Crippen molar-refractivity contribution in [1.29, 1.82) is 0 Å². The number of aryl methyl sites for hydroxylation is 3. The fourth-order valence-corrected chi connectivity index (χ4v) is 2.95. The number of benzene rings is 1. The third-order valence-electron chi connectivity index (χ3n) is 3.96. The molecule has 0 bridgehead atoms. The van der Waals surface area contributed by atoms with Crippen molar-refractivity contribution in [2.45, 2.75) is 32.7 Å². The summed E-state index contributed by atoms with van der Waals surface area (Å²) in [7, 11) is 2.02. The van der Waals surface area contributed by atoms with Crippen LogP contribution in [0.5, 0.6) is 0 Å². The predicted molar refractivity (Wildman–Crippen MR) is 73.8 cm³/mol. The summed E-state index contributed by atoms with van der Waals surface area (Å²) in [5.74, 6) is 0. The number of hydrogen-bond donors (Lipinski definition) is 1. The quantitative estimate of drug-likeness (QED) is 0.831. The van der Waals surface area contributed by atoms with Crippen LogP contribution in [0.4, 0.5) is 5.69 Å². The van der Waals surface area contributed by atoms with Crippen molar-refractivity contribution in [2.75, 3.05) is 5.32 Å². The van der Waals surface area contributed by atoms with Crippen LogP contribution in [-0.4, -0.2) is 9.78 Å². The van der Waals surface area contributed by atoms with Gasteiger partial charge in [-0.3, -0.25) is 4.68 Å². The normalized spacial score (nSPS) is 18.3. The van der Waals surface area contributed by atoms with Crippen molar-refractivity contribution < 1.29 is 0 Å². The zero-order chi connectivity index (χ0) is 12.7. The maximum atomic E-state index is 4.52. The molecule has 3 nitrogen and oxygen atoms in total. The molecule has 2 aromatic rings. The molecule has 0 saturated carbocycles. The molecule has 1 N–H and O–H groups in total. The summed E-state index contributed by atoms with van der Waals surface area (Å²) in [6.07, 6.45) is 2.28. The second-order valence-corrected chi connectivity index (χ2v) is 5.10.